The van der Waals surface area contributed by atoms with Crippen molar-refractivity contribution in [3.63, 3.8) is 0 Å². The standard InChI is InChI=1S/C21H23N3O4/c1-21(2,3)15-9-7-13(8-10-15)16-11-17(16)20(26)23-22-12-14-5-4-6-18(19(14)25)24(27)28/h4-10,12,16-17,25H,11H2,1-3H3,(H,23,26). The SMILES string of the molecule is CC(C)(C)c1ccc(C2CC2C(=O)NN=Cc2cccc([N+](=O)[O-])c2O)cc1. The van der Waals surface area contributed by atoms with Gasteiger partial charge in [0.15, 0.2) is 0 Å². The van der Waals surface area contributed by atoms with Crippen LogP contribution in [-0.2, 0) is 10.2 Å². The Hall–Kier alpha value is -3.22. The summed E-state index contributed by atoms with van der Waals surface area (Å²) in [6, 6.07) is 12.5. The molecule has 0 heterocycles. The summed E-state index contributed by atoms with van der Waals surface area (Å²) in [7, 11) is 0. The number of amides is 1. The molecule has 0 aliphatic heterocycles. The van der Waals surface area contributed by atoms with Crippen LogP contribution >= 0.6 is 0 Å². The summed E-state index contributed by atoms with van der Waals surface area (Å²) in [6.45, 7) is 6.48. The monoisotopic (exact) mass is 381 g/mol. The van der Waals surface area contributed by atoms with Crippen molar-refractivity contribution in [2.75, 3.05) is 0 Å². The number of nitro groups is 1. The fourth-order valence-electron chi connectivity index (χ4n) is 3.13. The second-order valence-corrected chi connectivity index (χ2v) is 8.03. The van der Waals surface area contributed by atoms with Crippen LogP contribution in [0.3, 0.4) is 0 Å². The number of para-hydroxylation sites is 1. The van der Waals surface area contributed by atoms with Gasteiger partial charge in [-0.25, -0.2) is 5.43 Å². The third-order valence-electron chi connectivity index (χ3n) is 4.95. The van der Waals surface area contributed by atoms with Crippen LogP contribution in [0.4, 0.5) is 5.69 Å². The summed E-state index contributed by atoms with van der Waals surface area (Å²) in [5.41, 5.74) is 4.69. The first-order chi connectivity index (χ1) is 13.2. The molecule has 1 saturated carbocycles. The minimum atomic E-state index is -0.676. The molecule has 2 aromatic rings. The van der Waals surface area contributed by atoms with E-state index in [0.29, 0.717) is 0 Å². The zero-order chi connectivity index (χ0) is 20.5. The van der Waals surface area contributed by atoms with Crippen LogP contribution in [0.5, 0.6) is 5.75 Å². The Morgan fingerprint density at radius 1 is 1.25 bits per heavy atom. The number of phenolic OH excluding ortho intramolecular Hbond substituents is 1. The van der Waals surface area contributed by atoms with Gasteiger partial charge >= 0.3 is 5.69 Å². The maximum absolute atomic E-state index is 12.3. The van der Waals surface area contributed by atoms with Gasteiger partial charge in [0.1, 0.15) is 0 Å². The maximum Gasteiger partial charge on any atom is 0.311 e. The maximum atomic E-state index is 12.3. The van der Waals surface area contributed by atoms with Crippen LogP contribution in [-0.4, -0.2) is 22.2 Å². The molecule has 1 fully saturated rings. The van der Waals surface area contributed by atoms with Crippen molar-refractivity contribution < 1.29 is 14.8 Å². The van der Waals surface area contributed by atoms with E-state index in [1.165, 1.54) is 30.0 Å². The number of hydrogen-bond donors (Lipinski definition) is 2. The third kappa shape index (κ3) is 4.19. The van der Waals surface area contributed by atoms with E-state index in [9.17, 15) is 20.0 Å². The van der Waals surface area contributed by atoms with Gasteiger partial charge in [-0.2, -0.15) is 5.10 Å². The average molecular weight is 381 g/mol. The Morgan fingerprint density at radius 3 is 2.54 bits per heavy atom. The highest BCUT2D eigenvalue weighted by atomic mass is 16.6. The van der Waals surface area contributed by atoms with Crippen LogP contribution in [0, 0.1) is 16.0 Å². The van der Waals surface area contributed by atoms with Gasteiger partial charge in [-0.3, -0.25) is 14.9 Å². The second-order valence-electron chi connectivity index (χ2n) is 8.03. The number of carbonyl (C=O) groups is 1. The topological polar surface area (TPSA) is 105 Å². The van der Waals surface area contributed by atoms with Crippen LogP contribution in [0.1, 0.15) is 49.8 Å². The molecule has 0 aromatic heterocycles. The summed E-state index contributed by atoms with van der Waals surface area (Å²) in [4.78, 5) is 22.4. The fraction of sp³-hybridized carbons (Fsp3) is 0.333. The molecule has 1 amide bonds. The van der Waals surface area contributed by atoms with Crippen molar-refractivity contribution in [2.45, 2.75) is 38.5 Å². The molecule has 2 N–H and O–H groups in total. The Labute approximate surface area is 163 Å². The summed E-state index contributed by atoms with van der Waals surface area (Å²) in [6.07, 6.45) is 1.97. The molecule has 146 valence electrons. The van der Waals surface area contributed by atoms with Crippen molar-refractivity contribution in [2.24, 2.45) is 11.0 Å². The quantitative estimate of drug-likeness (QED) is 0.466. The summed E-state index contributed by atoms with van der Waals surface area (Å²) in [5, 5.41) is 24.5. The molecule has 2 aromatic carbocycles. The lowest BCUT2D eigenvalue weighted by molar-refractivity contribution is -0.385. The van der Waals surface area contributed by atoms with E-state index in [1.807, 2.05) is 0 Å². The van der Waals surface area contributed by atoms with Crippen LogP contribution in [0.25, 0.3) is 0 Å². The molecule has 1 aliphatic carbocycles. The number of rotatable bonds is 5. The predicted octanol–water partition coefficient (Wildman–Crippen LogP) is 3.85. The number of benzene rings is 2. The van der Waals surface area contributed by atoms with E-state index in [-0.39, 0.29) is 28.7 Å². The van der Waals surface area contributed by atoms with Crippen molar-refractivity contribution in [3.8, 4) is 5.75 Å². The number of nitro benzene ring substituents is 1. The Morgan fingerprint density at radius 2 is 1.93 bits per heavy atom. The lowest BCUT2D eigenvalue weighted by Crippen LogP contribution is -2.20. The lowest BCUT2D eigenvalue weighted by atomic mass is 9.86. The van der Waals surface area contributed by atoms with Crippen LogP contribution in [0.2, 0.25) is 0 Å². The Kier molecular flexibility index (Phi) is 5.18. The highest BCUT2D eigenvalue weighted by molar-refractivity contribution is 5.88. The van der Waals surface area contributed by atoms with Gasteiger partial charge in [0, 0.05) is 17.5 Å². The largest absolute Gasteiger partial charge is 0.502 e. The van der Waals surface area contributed by atoms with Gasteiger partial charge in [-0.05, 0) is 34.9 Å². The third-order valence-corrected chi connectivity index (χ3v) is 4.95. The first-order valence-corrected chi connectivity index (χ1v) is 9.08. The summed E-state index contributed by atoms with van der Waals surface area (Å²) < 4.78 is 0. The molecular formula is C21H23N3O4. The normalized spacial score (nSPS) is 18.8. The molecule has 28 heavy (non-hydrogen) atoms. The van der Waals surface area contributed by atoms with Crippen LogP contribution in [0.15, 0.2) is 47.6 Å². The molecule has 0 radical (unpaired) electrons. The number of aromatic hydroxyl groups is 1. The van der Waals surface area contributed by atoms with E-state index < -0.39 is 16.4 Å². The van der Waals surface area contributed by atoms with Gasteiger partial charge < -0.3 is 5.11 Å². The van der Waals surface area contributed by atoms with Gasteiger partial charge in [0.25, 0.3) is 0 Å². The molecule has 0 bridgehead atoms. The molecular weight excluding hydrogens is 358 g/mol. The zero-order valence-electron chi connectivity index (χ0n) is 16.0. The van der Waals surface area contributed by atoms with E-state index in [4.69, 9.17) is 0 Å². The number of hydrazone groups is 1. The highest BCUT2D eigenvalue weighted by Gasteiger charge is 2.44. The smallest absolute Gasteiger partial charge is 0.311 e. The molecule has 0 spiro atoms. The second kappa shape index (κ2) is 7.42. The molecule has 7 heteroatoms. The van der Waals surface area contributed by atoms with Gasteiger partial charge in [0.05, 0.1) is 11.1 Å². The molecule has 2 atom stereocenters. The Bertz CT molecular complexity index is 930. The highest BCUT2D eigenvalue weighted by Crippen LogP contribution is 2.47. The zero-order valence-corrected chi connectivity index (χ0v) is 16.0. The minimum absolute atomic E-state index is 0.0889. The number of hydrogen-bond acceptors (Lipinski definition) is 5. The molecule has 7 nitrogen and oxygen atoms in total. The van der Waals surface area contributed by atoms with E-state index in [2.05, 4.69) is 55.6 Å². The van der Waals surface area contributed by atoms with E-state index >= 15 is 0 Å². The number of phenols is 1. The molecule has 0 saturated heterocycles. The number of nitrogens with zero attached hydrogens (tertiary/aromatic N) is 2. The van der Waals surface area contributed by atoms with Crippen molar-refractivity contribution in [1.82, 2.24) is 5.43 Å². The molecule has 3 rings (SSSR count). The van der Waals surface area contributed by atoms with Crippen molar-refractivity contribution >= 4 is 17.8 Å². The van der Waals surface area contributed by atoms with E-state index in [0.717, 1.165) is 12.0 Å². The van der Waals surface area contributed by atoms with Crippen molar-refractivity contribution in [1.29, 1.82) is 0 Å². The lowest BCUT2D eigenvalue weighted by Gasteiger charge is -2.19. The Balaban J connectivity index is 1.59. The number of carbonyl (C=O) groups excluding carboxylic acids is 1. The predicted molar refractivity (Wildman–Crippen MR) is 106 cm³/mol. The first kappa shape index (κ1) is 19.5. The van der Waals surface area contributed by atoms with Crippen molar-refractivity contribution in [3.05, 3.63) is 69.3 Å². The fourth-order valence-corrected chi connectivity index (χ4v) is 3.13. The molecule has 2 unspecified atom stereocenters. The average Bonchev–Trinajstić information content (AvgIpc) is 3.43. The van der Waals surface area contributed by atoms with Gasteiger partial charge in [-0.15, -0.1) is 0 Å². The summed E-state index contributed by atoms with van der Waals surface area (Å²) >= 11 is 0. The van der Waals surface area contributed by atoms with E-state index in [1.54, 1.807) is 0 Å². The van der Waals surface area contributed by atoms with Gasteiger partial charge in [0.2, 0.25) is 11.7 Å². The van der Waals surface area contributed by atoms with Gasteiger partial charge in [-0.1, -0.05) is 51.1 Å². The van der Waals surface area contributed by atoms with Crippen LogP contribution < -0.4 is 5.43 Å². The first-order valence-electron chi connectivity index (χ1n) is 9.08. The minimum Gasteiger partial charge on any atom is -0.502 e. The number of nitrogens with one attached hydrogen (secondary N) is 1. The molecule has 1 aliphatic rings. The summed E-state index contributed by atoms with van der Waals surface area (Å²) in [5.74, 6) is -0.647.